The number of methoxy groups -OCH3 is 1. The lowest BCUT2D eigenvalue weighted by Crippen LogP contribution is -2.41. The molecule has 1 aliphatic rings. The van der Waals surface area contributed by atoms with Gasteiger partial charge < -0.3 is 9.64 Å². The highest BCUT2D eigenvalue weighted by Crippen LogP contribution is 2.25. The smallest absolute Gasteiger partial charge is 0.308 e. The number of thioether (sulfide) groups is 1. The third-order valence-electron chi connectivity index (χ3n) is 3.92. The third-order valence-corrected chi connectivity index (χ3v) is 5.21. The van der Waals surface area contributed by atoms with Crippen LogP contribution in [0, 0.1) is 11.7 Å². The highest BCUT2D eigenvalue weighted by atomic mass is 35.5. The van der Waals surface area contributed by atoms with Crippen LogP contribution in [0.5, 0.6) is 0 Å². The van der Waals surface area contributed by atoms with E-state index in [1.807, 2.05) is 0 Å². The van der Waals surface area contributed by atoms with Gasteiger partial charge in [-0.15, -0.1) is 11.8 Å². The van der Waals surface area contributed by atoms with Gasteiger partial charge in [-0.25, -0.2) is 4.39 Å². The zero-order valence-corrected chi connectivity index (χ0v) is 14.5. The summed E-state index contributed by atoms with van der Waals surface area (Å²) in [5.41, 5.74) is 0.427. The third kappa shape index (κ3) is 4.85. The maximum Gasteiger partial charge on any atom is 0.308 e. The number of rotatable bonds is 5. The fourth-order valence-corrected chi connectivity index (χ4v) is 3.80. The van der Waals surface area contributed by atoms with Crippen molar-refractivity contribution in [2.45, 2.75) is 18.6 Å². The van der Waals surface area contributed by atoms with Gasteiger partial charge in [0.25, 0.3) is 0 Å². The van der Waals surface area contributed by atoms with Gasteiger partial charge in [-0.1, -0.05) is 17.7 Å². The van der Waals surface area contributed by atoms with Crippen molar-refractivity contribution in [3.63, 3.8) is 0 Å². The first-order valence-corrected chi connectivity index (χ1v) is 8.92. The van der Waals surface area contributed by atoms with Crippen LogP contribution in [-0.2, 0) is 20.1 Å². The van der Waals surface area contributed by atoms with Gasteiger partial charge in [0, 0.05) is 29.4 Å². The van der Waals surface area contributed by atoms with Gasteiger partial charge in [-0.3, -0.25) is 9.59 Å². The summed E-state index contributed by atoms with van der Waals surface area (Å²) in [5, 5.41) is 0.379. The lowest BCUT2D eigenvalue weighted by molar-refractivity contribution is -0.148. The number of likely N-dealkylation sites (tertiary alicyclic amines) is 1. The number of hydrogen-bond donors (Lipinski definition) is 0. The summed E-state index contributed by atoms with van der Waals surface area (Å²) in [6.45, 7) is 1.11. The quantitative estimate of drug-likeness (QED) is 0.758. The molecule has 0 radical (unpaired) electrons. The van der Waals surface area contributed by atoms with Crippen LogP contribution in [0.2, 0.25) is 5.02 Å². The minimum Gasteiger partial charge on any atom is -0.469 e. The predicted molar refractivity (Wildman–Crippen MR) is 88.9 cm³/mol. The molecule has 1 aliphatic heterocycles. The molecule has 7 heteroatoms. The Morgan fingerprint density at radius 2 is 2.09 bits per heavy atom. The Kier molecular flexibility index (Phi) is 6.72. The number of hydrogen-bond acceptors (Lipinski definition) is 4. The van der Waals surface area contributed by atoms with Gasteiger partial charge in [-0.05, 0) is 25.0 Å². The van der Waals surface area contributed by atoms with Crippen LogP contribution in [0.3, 0.4) is 0 Å². The first-order valence-electron chi connectivity index (χ1n) is 7.39. The molecule has 2 rings (SSSR count). The maximum atomic E-state index is 13.6. The van der Waals surface area contributed by atoms with Crippen molar-refractivity contribution in [2.24, 2.45) is 5.92 Å². The van der Waals surface area contributed by atoms with E-state index in [1.54, 1.807) is 17.0 Å². The maximum absolute atomic E-state index is 13.6. The standard InChI is InChI=1S/C16H19ClFNO3S/c1-22-16(21)11-5-7-19(8-6-11)15(20)10-23-9-12-13(17)3-2-4-14(12)18/h2-4,11H,5-10H2,1H3. The summed E-state index contributed by atoms with van der Waals surface area (Å²) >= 11 is 7.30. The zero-order chi connectivity index (χ0) is 16.8. The molecule has 4 nitrogen and oxygen atoms in total. The second kappa shape index (κ2) is 8.55. The number of halogens is 2. The van der Waals surface area contributed by atoms with Crippen molar-refractivity contribution in [2.75, 3.05) is 26.0 Å². The van der Waals surface area contributed by atoms with Crippen LogP contribution in [0.1, 0.15) is 18.4 Å². The summed E-state index contributed by atoms with van der Waals surface area (Å²) in [7, 11) is 1.38. The van der Waals surface area contributed by atoms with Crippen LogP contribution < -0.4 is 0 Å². The normalized spacial score (nSPS) is 15.5. The monoisotopic (exact) mass is 359 g/mol. The molecule has 1 aromatic rings. The molecule has 0 saturated carbocycles. The van der Waals surface area contributed by atoms with E-state index < -0.39 is 0 Å². The first-order chi connectivity index (χ1) is 11.0. The molecule has 0 spiro atoms. The Balaban J connectivity index is 1.77. The van der Waals surface area contributed by atoms with Crippen LogP contribution in [0.4, 0.5) is 4.39 Å². The van der Waals surface area contributed by atoms with Crippen LogP contribution in [0.15, 0.2) is 18.2 Å². The number of ether oxygens (including phenoxy) is 1. The van der Waals surface area contributed by atoms with Crippen molar-refractivity contribution < 1.29 is 18.7 Å². The van der Waals surface area contributed by atoms with Crippen LogP contribution in [0.25, 0.3) is 0 Å². The number of carbonyl (C=O) groups is 2. The largest absolute Gasteiger partial charge is 0.469 e. The zero-order valence-electron chi connectivity index (χ0n) is 12.9. The van der Waals surface area contributed by atoms with Crippen molar-refractivity contribution >= 4 is 35.2 Å². The Labute approximate surface area is 144 Å². The molecule has 23 heavy (non-hydrogen) atoms. The molecule has 1 saturated heterocycles. The lowest BCUT2D eigenvalue weighted by atomic mass is 9.97. The number of esters is 1. The van der Waals surface area contributed by atoms with E-state index in [0.717, 1.165) is 0 Å². The molecule has 1 amide bonds. The van der Waals surface area contributed by atoms with Gasteiger partial charge in [0.2, 0.25) is 5.91 Å². The Bertz CT molecular complexity index is 556. The second-order valence-electron chi connectivity index (χ2n) is 5.37. The molecule has 1 heterocycles. The van der Waals surface area contributed by atoms with Gasteiger partial charge >= 0.3 is 5.97 Å². The molecule has 1 fully saturated rings. The van der Waals surface area contributed by atoms with E-state index in [-0.39, 0.29) is 29.4 Å². The summed E-state index contributed by atoms with van der Waals surface area (Å²) in [5.74, 6) is -0.0413. The number of carbonyl (C=O) groups excluding carboxylic acids is 2. The average Bonchev–Trinajstić information content (AvgIpc) is 2.56. The molecule has 1 aromatic carbocycles. The summed E-state index contributed by atoms with van der Waals surface area (Å²) in [6.07, 6.45) is 1.25. The number of amides is 1. The van der Waals surface area contributed by atoms with Gasteiger partial charge in [0.15, 0.2) is 0 Å². The summed E-state index contributed by atoms with van der Waals surface area (Å²) in [4.78, 5) is 25.4. The van der Waals surface area contributed by atoms with Gasteiger partial charge in [-0.2, -0.15) is 0 Å². The minimum atomic E-state index is -0.351. The molecular formula is C16H19ClFNO3S. The molecule has 126 valence electrons. The Morgan fingerprint density at radius 1 is 1.39 bits per heavy atom. The lowest BCUT2D eigenvalue weighted by Gasteiger charge is -2.30. The van der Waals surface area contributed by atoms with Crippen molar-refractivity contribution in [3.8, 4) is 0 Å². The molecule has 0 N–H and O–H groups in total. The minimum absolute atomic E-state index is 0.00535. The van der Waals surface area contributed by atoms with E-state index in [1.165, 1.54) is 24.9 Å². The summed E-state index contributed by atoms with van der Waals surface area (Å²) in [6, 6.07) is 4.56. The molecular weight excluding hydrogens is 341 g/mol. The van der Waals surface area contributed by atoms with Crippen LogP contribution >= 0.6 is 23.4 Å². The Hall–Kier alpha value is -1.27. The number of benzene rings is 1. The molecule has 0 unspecified atom stereocenters. The predicted octanol–water partition coefficient (Wildman–Crippen LogP) is 3.12. The fourth-order valence-electron chi connectivity index (χ4n) is 2.53. The van der Waals surface area contributed by atoms with E-state index in [2.05, 4.69) is 0 Å². The average molecular weight is 360 g/mol. The first kappa shape index (κ1) is 18.1. The van der Waals surface area contributed by atoms with Crippen molar-refractivity contribution in [3.05, 3.63) is 34.6 Å². The molecule has 0 bridgehead atoms. The van der Waals surface area contributed by atoms with Gasteiger partial charge in [0.05, 0.1) is 18.8 Å². The number of nitrogens with zero attached hydrogens (tertiary/aromatic N) is 1. The SMILES string of the molecule is COC(=O)C1CCN(C(=O)CSCc2c(F)cccc2Cl)CC1. The Morgan fingerprint density at radius 3 is 2.70 bits per heavy atom. The molecule has 0 aromatic heterocycles. The molecule has 0 aliphatic carbocycles. The topological polar surface area (TPSA) is 46.6 Å². The highest BCUT2D eigenvalue weighted by Gasteiger charge is 2.27. The van der Waals surface area contributed by atoms with E-state index in [0.29, 0.717) is 42.3 Å². The van der Waals surface area contributed by atoms with E-state index >= 15 is 0 Å². The van der Waals surface area contributed by atoms with Crippen molar-refractivity contribution in [1.29, 1.82) is 0 Å². The molecule has 0 atom stereocenters. The summed E-state index contributed by atoms with van der Waals surface area (Å²) < 4.78 is 18.4. The highest BCUT2D eigenvalue weighted by molar-refractivity contribution is 7.99. The van der Waals surface area contributed by atoms with E-state index in [4.69, 9.17) is 16.3 Å². The van der Waals surface area contributed by atoms with Crippen molar-refractivity contribution in [1.82, 2.24) is 4.90 Å². The second-order valence-corrected chi connectivity index (χ2v) is 6.76. The van der Waals surface area contributed by atoms with Crippen LogP contribution in [-0.4, -0.2) is 42.7 Å². The van der Waals surface area contributed by atoms with E-state index in [9.17, 15) is 14.0 Å². The fraction of sp³-hybridized carbons (Fsp3) is 0.500. The van der Waals surface area contributed by atoms with Gasteiger partial charge in [0.1, 0.15) is 5.82 Å². The number of piperidine rings is 1.